The fourth-order valence-corrected chi connectivity index (χ4v) is 2.83. The fourth-order valence-electron chi connectivity index (χ4n) is 2.24. The van der Waals surface area contributed by atoms with E-state index >= 15 is 0 Å². The predicted molar refractivity (Wildman–Crippen MR) is 84.9 cm³/mol. The van der Waals surface area contributed by atoms with Gasteiger partial charge in [0.1, 0.15) is 5.75 Å². The zero-order chi connectivity index (χ0) is 15.5. The van der Waals surface area contributed by atoms with Crippen molar-refractivity contribution >= 4 is 20.8 Å². The minimum absolute atomic E-state index is 0.00217. The van der Waals surface area contributed by atoms with Gasteiger partial charge in [-0.25, -0.2) is 13.1 Å². The molecule has 0 saturated carbocycles. The van der Waals surface area contributed by atoms with Gasteiger partial charge in [-0.05, 0) is 19.4 Å². The molecule has 0 fully saturated rings. The van der Waals surface area contributed by atoms with Crippen molar-refractivity contribution in [2.75, 3.05) is 19.3 Å². The zero-order valence-corrected chi connectivity index (χ0v) is 12.9. The smallest absolute Gasteiger partial charge is 0.212 e. The van der Waals surface area contributed by atoms with Crippen LogP contribution in [-0.2, 0) is 10.0 Å². The van der Waals surface area contributed by atoms with Gasteiger partial charge in [0.05, 0.1) is 5.75 Å². The van der Waals surface area contributed by atoms with E-state index in [4.69, 9.17) is 0 Å². The van der Waals surface area contributed by atoms with E-state index in [0.29, 0.717) is 6.54 Å². The van der Waals surface area contributed by atoms with E-state index < -0.39 is 10.0 Å². The molecule has 2 aromatic rings. The lowest BCUT2D eigenvalue weighted by Gasteiger charge is -2.17. The van der Waals surface area contributed by atoms with Crippen LogP contribution in [-0.4, -0.2) is 32.9 Å². The van der Waals surface area contributed by atoms with Crippen molar-refractivity contribution in [2.45, 2.75) is 13.0 Å². The number of benzene rings is 2. The standard InChI is InChI=1S/C15H20N2O3S/c1-11(17-9-10-21(19,20)16-2)13-8-7-12-5-3-4-6-14(12)15(13)18/h3-8,11,16-18H,9-10H2,1-2H3. The molecule has 0 radical (unpaired) electrons. The molecule has 0 aromatic heterocycles. The van der Waals surface area contributed by atoms with Crippen LogP contribution in [0.25, 0.3) is 10.8 Å². The average molecular weight is 308 g/mol. The molecule has 1 unspecified atom stereocenters. The molecule has 0 amide bonds. The molecular weight excluding hydrogens is 288 g/mol. The van der Waals surface area contributed by atoms with E-state index in [1.54, 1.807) is 0 Å². The van der Waals surface area contributed by atoms with E-state index in [9.17, 15) is 13.5 Å². The summed E-state index contributed by atoms with van der Waals surface area (Å²) in [7, 11) is -1.82. The molecule has 0 aliphatic heterocycles. The third-order valence-corrected chi connectivity index (χ3v) is 4.89. The molecule has 2 aromatic carbocycles. The Bertz CT molecular complexity index is 729. The predicted octanol–water partition coefficient (Wildman–Crippen LogP) is 1.75. The SMILES string of the molecule is CNS(=O)(=O)CCNC(C)c1ccc2ccccc2c1O. The van der Waals surface area contributed by atoms with Crippen molar-refractivity contribution < 1.29 is 13.5 Å². The number of phenols is 1. The minimum atomic E-state index is -3.22. The van der Waals surface area contributed by atoms with Crippen LogP contribution in [0.5, 0.6) is 5.75 Å². The number of fused-ring (bicyclic) bond motifs is 1. The Morgan fingerprint density at radius 3 is 2.62 bits per heavy atom. The highest BCUT2D eigenvalue weighted by atomic mass is 32.2. The highest BCUT2D eigenvalue weighted by Gasteiger charge is 2.14. The Morgan fingerprint density at radius 2 is 1.90 bits per heavy atom. The Balaban J connectivity index is 2.13. The molecular formula is C15H20N2O3S. The molecule has 0 heterocycles. The van der Waals surface area contributed by atoms with Gasteiger partial charge in [0.2, 0.25) is 10.0 Å². The lowest BCUT2D eigenvalue weighted by atomic mass is 10.0. The van der Waals surface area contributed by atoms with Crippen molar-refractivity contribution in [2.24, 2.45) is 0 Å². The first-order chi connectivity index (χ1) is 9.94. The molecule has 114 valence electrons. The van der Waals surface area contributed by atoms with Gasteiger partial charge in [-0.15, -0.1) is 0 Å². The second kappa shape index (κ2) is 6.43. The monoisotopic (exact) mass is 308 g/mol. The summed E-state index contributed by atoms with van der Waals surface area (Å²) in [5.41, 5.74) is 0.760. The van der Waals surface area contributed by atoms with Gasteiger partial charge < -0.3 is 10.4 Å². The quantitative estimate of drug-likeness (QED) is 0.759. The molecule has 2 rings (SSSR count). The number of phenolic OH excluding ortho intramolecular Hbond substituents is 1. The van der Waals surface area contributed by atoms with Crippen molar-refractivity contribution in [1.29, 1.82) is 0 Å². The van der Waals surface area contributed by atoms with E-state index in [2.05, 4.69) is 10.0 Å². The van der Waals surface area contributed by atoms with Crippen molar-refractivity contribution in [3.05, 3.63) is 42.0 Å². The topological polar surface area (TPSA) is 78.4 Å². The summed E-state index contributed by atoms with van der Waals surface area (Å²) >= 11 is 0. The molecule has 0 aliphatic rings. The molecule has 5 nitrogen and oxygen atoms in total. The Hall–Kier alpha value is -1.63. The largest absolute Gasteiger partial charge is 0.507 e. The van der Waals surface area contributed by atoms with Crippen LogP contribution in [0.3, 0.4) is 0 Å². The van der Waals surface area contributed by atoms with Crippen LogP contribution in [0.1, 0.15) is 18.5 Å². The molecule has 21 heavy (non-hydrogen) atoms. The minimum Gasteiger partial charge on any atom is -0.507 e. The Kier molecular flexibility index (Phi) is 4.82. The first-order valence-electron chi connectivity index (χ1n) is 6.80. The van der Waals surface area contributed by atoms with Gasteiger partial charge in [0.25, 0.3) is 0 Å². The molecule has 3 N–H and O–H groups in total. The van der Waals surface area contributed by atoms with E-state index in [-0.39, 0.29) is 17.5 Å². The number of aromatic hydroxyl groups is 1. The third-order valence-electron chi connectivity index (χ3n) is 3.53. The van der Waals surface area contributed by atoms with Crippen LogP contribution in [0.15, 0.2) is 36.4 Å². The molecule has 1 atom stereocenters. The Labute approximate surface area is 125 Å². The summed E-state index contributed by atoms with van der Waals surface area (Å²) in [6.07, 6.45) is 0. The van der Waals surface area contributed by atoms with Gasteiger partial charge in [0, 0.05) is 23.5 Å². The molecule has 0 saturated heterocycles. The molecule has 0 spiro atoms. The van der Waals surface area contributed by atoms with Crippen molar-refractivity contribution in [3.63, 3.8) is 0 Å². The summed E-state index contributed by atoms with van der Waals surface area (Å²) in [6.45, 7) is 2.21. The first-order valence-corrected chi connectivity index (χ1v) is 8.45. The second-order valence-electron chi connectivity index (χ2n) is 4.92. The van der Waals surface area contributed by atoms with Crippen LogP contribution in [0, 0.1) is 0 Å². The summed E-state index contributed by atoms with van der Waals surface area (Å²) in [5, 5.41) is 15.2. The molecule has 0 aliphatic carbocycles. The van der Waals surface area contributed by atoms with E-state index in [1.165, 1.54) is 7.05 Å². The third kappa shape index (κ3) is 3.72. The Morgan fingerprint density at radius 1 is 1.19 bits per heavy atom. The number of hydrogen-bond donors (Lipinski definition) is 3. The first kappa shape index (κ1) is 15.8. The van der Waals surface area contributed by atoms with Crippen LogP contribution in [0.4, 0.5) is 0 Å². The van der Waals surface area contributed by atoms with E-state index in [1.807, 2.05) is 43.3 Å². The van der Waals surface area contributed by atoms with Gasteiger partial charge >= 0.3 is 0 Å². The van der Waals surface area contributed by atoms with Gasteiger partial charge in [-0.1, -0.05) is 36.4 Å². The van der Waals surface area contributed by atoms with Crippen molar-refractivity contribution in [3.8, 4) is 5.75 Å². The van der Waals surface area contributed by atoms with Crippen LogP contribution in [0.2, 0.25) is 0 Å². The number of sulfonamides is 1. The summed E-state index contributed by atoms with van der Waals surface area (Å²) in [6, 6.07) is 11.3. The lowest BCUT2D eigenvalue weighted by Crippen LogP contribution is -2.30. The summed E-state index contributed by atoms with van der Waals surface area (Å²) in [4.78, 5) is 0. The maximum absolute atomic E-state index is 11.4. The lowest BCUT2D eigenvalue weighted by molar-refractivity contribution is 0.460. The number of hydrogen-bond acceptors (Lipinski definition) is 4. The zero-order valence-electron chi connectivity index (χ0n) is 12.1. The number of rotatable bonds is 6. The fraction of sp³-hybridized carbons (Fsp3) is 0.333. The number of nitrogens with one attached hydrogen (secondary N) is 2. The van der Waals surface area contributed by atoms with E-state index in [0.717, 1.165) is 16.3 Å². The van der Waals surface area contributed by atoms with Gasteiger partial charge in [-0.2, -0.15) is 0 Å². The highest BCUT2D eigenvalue weighted by molar-refractivity contribution is 7.89. The second-order valence-corrected chi connectivity index (χ2v) is 6.97. The summed E-state index contributed by atoms with van der Waals surface area (Å²) < 4.78 is 25.0. The maximum atomic E-state index is 11.4. The van der Waals surface area contributed by atoms with Crippen molar-refractivity contribution in [1.82, 2.24) is 10.0 Å². The average Bonchev–Trinajstić information content (AvgIpc) is 2.47. The van der Waals surface area contributed by atoms with Gasteiger partial charge in [0.15, 0.2) is 0 Å². The van der Waals surface area contributed by atoms with Crippen LogP contribution < -0.4 is 10.0 Å². The summed E-state index contributed by atoms with van der Waals surface area (Å²) in [5.74, 6) is 0.243. The highest BCUT2D eigenvalue weighted by Crippen LogP contribution is 2.32. The maximum Gasteiger partial charge on any atom is 0.212 e. The molecule has 0 bridgehead atoms. The normalized spacial score (nSPS) is 13.4. The molecule has 6 heteroatoms. The van der Waals surface area contributed by atoms with Gasteiger partial charge in [-0.3, -0.25) is 0 Å². The van der Waals surface area contributed by atoms with Crippen LogP contribution >= 0.6 is 0 Å².